The van der Waals surface area contributed by atoms with Crippen LogP contribution >= 0.6 is 35.6 Å². The Morgan fingerprint density at radius 1 is 1.23 bits per heavy atom. The van der Waals surface area contributed by atoms with Crippen molar-refractivity contribution in [1.29, 1.82) is 0 Å². The highest BCUT2D eigenvalue weighted by Crippen LogP contribution is 2.23. The molecule has 0 aliphatic carbocycles. The number of aliphatic imine (C=N–C) groups is 1. The van der Waals surface area contributed by atoms with Crippen LogP contribution in [0.3, 0.4) is 0 Å². The van der Waals surface area contributed by atoms with Crippen molar-refractivity contribution in [1.82, 2.24) is 10.6 Å². The quantitative estimate of drug-likeness (QED) is 0.296. The van der Waals surface area contributed by atoms with Crippen LogP contribution in [-0.2, 0) is 10.2 Å². The van der Waals surface area contributed by atoms with E-state index in [1.165, 1.54) is 5.56 Å². The topological polar surface area (TPSA) is 45.6 Å². The van der Waals surface area contributed by atoms with Crippen molar-refractivity contribution in [3.63, 3.8) is 0 Å². The Bertz CT molecular complexity index is 449. The first-order valence-electron chi connectivity index (χ1n) is 7.28. The lowest BCUT2D eigenvalue weighted by molar-refractivity contribution is 0.152. The van der Waals surface area contributed by atoms with E-state index in [0.717, 1.165) is 30.7 Å². The van der Waals surface area contributed by atoms with E-state index in [4.69, 9.17) is 16.3 Å². The molecule has 0 amide bonds. The van der Waals surface area contributed by atoms with Crippen molar-refractivity contribution < 1.29 is 4.74 Å². The highest BCUT2D eigenvalue weighted by atomic mass is 127. The second-order valence-electron chi connectivity index (χ2n) is 5.44. The van der Waals surface area contributed by atoms with E-state index >= 15 is 0 Å². The lowest BCUT2D eigenvalue weighted by atomic mass is 9.85. The van der Waals surface area contributed by atoms with Crippen LogP contribution in [0, 0.1) is 0 Å². The molecule has 2 N–H and O–H groups in total. The van der Waals surface area contributed by atoms with E-state index in [1.54, 1.807) is 7.05 Å². The summed E-state index contributed by atoms with van der Waals surface area (Å²) >= 11 is 5.94. The van der Waals surface area contributed by atoms with Gasteiger partial charge < -0.3 is 15.4 Å². The van der Waals surface area contributed by atoms with Gasteiger partial charge in [-0.25, -0.2) is 0 Å². The van der Waals surface area contributed by atoms with Crippen LogP contribution in [0.4, 0.5) is 0 Å². The first-order chi connectivity index (χ1) is 9.99. The average molecular weight is 440 g/mol. The van der Waals surface area contributed by atoms with Gasteiger partial charge in [-0.05, 0) is 24.6 Å². The molecule has 0 saturated heterocycles. The zero-order chi connectivity index (χ0) is 15.7. The van der Waals surface area contributed by atoms with E-state index in [0.29, 0.717) is 6.61 Å². The van der Waals surface area contributed by atoms with E-state index in [9.17, 15) is 0 Å². The highest BCUT2D eigenvalue weighted by molar-refractivity contribution is 14.0. The third kappa shape index (κ3) is 7.65. The molecule has 0 aliphatic heterocycles. The second kappa shape index (κ2) is 11.1. The number of nitrogens with one attached hydrogen (secondary N) is 2. The summed E-state index contributed by atoms with van der Waals surface area (Å²) in [5.74, 6) is 0.789. The SMILES string of the molecule is CCOCCNC(=NC)NCC(C)(C)c1ccc(Cl)cc1.I. The molecular formula is C16H27ClIN3O. The van der Waals surface area contributed by atoms with Gasteiger partial charge in [0.05, 0.1) is 6.61 Å². The molecule has 1 rings (SSSR count). The van der Waals surface area contributed by atoms with Crippen LogP contribution < -0.4 is 10.6 Å². The van der Waals surface area contributed by atoms with Gasteiger partial charge in [0.15, 0.2) is 5.96 Å². The molecule has 0 fully saturated rings. The normalized spacial score (nSPS) is 11.8. The summed E-state index contributed by atoms with van der Waals surface area (Å²) in [5, 5.41) is 7.34. The summed E-state index contributed by atoms with van der Waals surface area (Å²) in [7, 11) is 1.77. The van der Waals surface area contributed by atoms with Crippen molar-refractivity contribution >= 4 is 41.5 Å². The second-order valence-corrected chi connectivity index (χ2v) is 5.88. The summed E-state index contributed by atoms with van der Waals surface area (Å²) in [6, 6.07) is 7.98. The average Bonchev–Trinajstić information content (AvgIpc) is 2.47. The van der Waals surface area contributed by atoms with Crippen molar-refractivity contribution in [3.05, 3.63) is 34.9 Å². The number of guanidine groups is 1. The predicted molar refractivity (Wildman–Crippen MR) is 106 cm³/mol. The molecule has 1 aromatic rings. The van der Waals surface area contributed by atoms with E-state index in [-0.39, 0.29) is 29.4 Å². The molecular weight excluding hydrogens is 413 g/mol. The standard InChI is InChI=1S/C16H26ClN3O.HI/c1-5-21-11-10-19-15(18-4)20-12-16(2,3)13-6-8-14(17)9-7-13;/h6-9H,5,10-12H2,1-4H3,(H2,18,19,20);1H. The Hall–Kier alpha value is -0.530. The zero-order valence-corrected chi connectivity index (χ0v) is 16.9. The Morgan fingerprint density at radius 3 is 2.41 bits per heavy atom. The van der Waals surface area contributed by atoms with Crippen LogP contribution in [0.15, 0.2) is 29.3 Å². The molecule has 0 radical (unpaired) electrons. The molecule has 0 aliphatic rings. The van der Waals surface area contributed by atoms with Gasteiger partial charge in [0, 0.05) is 37.2 Å². The summed E-state index contributed by atoms with van der Waals surface area (Å²) in [5.41, 5.74) is 1.23. The van der Waals surface area contributed by atoms with Crippen molar-refractivity contribution in [3.8, 4) is 0 Å². The molecule has 0 saturated carbocycles. The van der Waals surface area contributed by atoms with Gasteiger partial charge in [-0.3, -0.25) is 4.99 Å². The first-order valence-corrected chi connectivity index (χ1v) is 7.65. The van der Waals surface area contributed by atoms with Crippen LogP contribution in [0.1, 0.15) is 26.3 Å². The lowest BCUT2D eigenvalue weighted by Crippen LogP contribution is -2.44. The zero-order valence-electron chi connectivity index (χ0n) is 13.8. The largest absolute Gasteiger partial charge is 0.380 e. The maximum absolute atomic E-state index is 5.94. The third-order valence-corrected chi connectivity index (χ3v) is 3.54. The summed E-state index contributed by atoms with van der Waals surface area (Å²) < 4.78 is 5.30. The molecule has 0 heterocycles. The summed E-state index contributed by atoms with van der Waals surface area (Å²) in [6.45, 7) is 9.31. The molecule has 0 spiro atoms. The molecule has 0 bridgehead atoms. The van der Waals surface area contributed by atoms with Crippen LogP contribution in [0.5, 0.6) is 0 Å². The number of benzene rings is 1. The predicted octanol–water partition coefficient (Wildman–Crippen LogP) is 3.44. The number of hydrogen-bond acceptors (Lipinski definition) is 2. The fourth-order valence-electron chi connectivity index (χ4n) is 1.91. The van der Waals surface area contributed by atoms with E-state index < -0.39 is 0 Å². The van der Waals surface area contributed by atoms with Crippen LogP contribution in [-0.4, -0.2) is 39.3 Å². The fraction of sp³-hybridized carbons (Fsp3) is 0.562. The molecule has 22 heavy (non-hydrogen) atoms. The number of rotatable bonds is 7. The van der Waals surface area contributed by atoms with Crippen LogP contribution in [0.25, 0.3) is 0 Å². The summed E-state index contributed by atoms with van der Waals surface area (Å²) in [4.78, 5) is 4.21. The number of ether oxygens (including phenoxy) is 1. The van der Waals surface area contributed by atoms with Crippen LogP contribution in [0.2, 0.25) is 5.02 Å². The van der Waals surface area contributed by atoms with E-state index in [2.05, 4.69) is 41.6 Å². The summed E-state index contributed by atoms with van der Waals surface area (Å²) in [6.07, 6.45) is 0. The third-order valence-electron chi connectivity index (χ3n) is 3.29. The van der Waals surface area contributed by atoms with Gasteiger partial charge in [0.25, 0.3) is 0 Å². The maximum Gasteiger partial charge on any atom is 0.191 e. The van der Waals surface area contributed by atoms with Gasteiger partial charge in [-0.1, -0.05) is 37.6 Å². The Kier molecular flexibility index (Phi) is 10.8. The minimum atomic E-state index is -0.0118. The number of hydrogen-bond donors (Lipinski definition) is 2. The molecule has 6 heteroatoms. The molecule has 1 aromatic carbocycles. The van der Waals surface area contributed by atoms with Gasteiger partial charge in [-0.2, -0.15) is 0 Å². The molecule has 4 nitrogen and oxygen atoms in total. The van der Waals surface area contributed by atoms with Gasteiger partial charge in [-0.15, -0.1) is 24.0 Å². The monoisotopic (exact) mass is 439 g/mol. The smallest absolute Gasteiger partial charge is 0.191 e. The Morgan fingerprint density at radius 2 is 1.86 bits per heavy atom. The molecule has 126 valence electrons. The first kappa shape index (κ1) is 21.5. The maximum atomic E-state index is 5.94. The van der Waals surface area contributed by atoms with Crippen molar-refractivity contribution in [2.75, 3.05) is 33.4 Å². The fourth-order valence-corrected chi connectivity index (χ4v) is 2.04. The molecule has 0 aromatic heterocycles. The number of nitrogens with zero attached hydrogens (tertiary/aromatic N) is 1. The van der Waals surface area contributed by atoms with Gasteiger partial charge in [0.1, 0.15) is 0 Å². The molecule has 0 atom stereocenters. The van der Waals surface area contributed by atoms with Gasteiger partial charge in [0.2, 0.25) is 0 Å². The minimum absolute atomic E-state index is 0. The highest BCUT2D eigenvalue weighted by Gasteiger charge is 2.20. The minimum Gasteiger partial charge on any atom is -0.380 e. The molecule has 0 unspecified atom stereocenters. The van der Waals surface area contributed by atoms with Gasteiger partial charge >= 0.3 is 0 Å². The lowest BCUT2D eigenvalue weighted by Gasteiger charge is -2.27. The van der Waals surface area contributed by atoms with Crippen molar-refractivity contribution in [2.24, 2.45) is 4.99 Å². The Labute approximate surface area is 156 Å². The number of halogens is 2. The van der Waals surface area contributed by atoms with E-state index in [1.807, 2.05) is 19.1 Å². The Balaban J connectivity index is 0.00000441. The van der Waals surface area contributed by atoms with Crippen molar-refractivity contribution in [2.45, 2.75) is 26.2 Å².